The maximum Gasteiger partial charge on any atom is 0.251 e. The number of nitrogens with one attached hydrogen (secondary N) is 1. The largest absolute Gasteiger partial charge is 0.365 e. The highest BCUT2D eigenvalue weighted by Crippen LogP contribution is 2.40. The number of thiophene rings is 1. The van der Waals surface area contributed by atoms with Gasteiger partial charge < -0.3 is 11.1 Å². The van der Waals surface area contributed by atoms with Crippen molar-refractivity contribution in [1.29, 1.82) is 0 Å². The van der Waals surface area contributed by atoms with Crippen molar-refractivity contribution in [3.05, 3.63) is 16.0 Å². The van der Waals surface area contributed by atoms with Crippen LogP contribution < -0.4 is 11.1 Å². The monoisotopic (exact) mass is 308 g/mol. The van der Waals surface area contributed by atoms with Crippen LogP contribution in [-0.2, 0) is 17.6 Å². The number of carbonyl (C=O) groups excluding carboxylic acids is 2. The van der Waals surface area contributed by atoms with E-state index in [1.807, 2.05) is 0 Å². The summed E-state index contributed by atoms with van der Waals surface area (Å²) < 4.78 is 0. The van der Waals surface area contributed by atoms with E-state index in [-0.39, 0.29) is 5.91 Å². The van der Waals surface area contributed by atoms with Gasteiger partial charge in [0, 0.05) is 11.3 Å². The third-order valence-electron chi connectivity index (χ3n) is 4.20. The first-order valence-corrected chi connectivity index (χ1v) is 8.62. The van der Waals surface area contributed by atoms with Crippen LogP contribution in [0.3, 0.4) is 0 Å². The summed E-state index contributed by atoms with van der Waals surface area (Å²) in [6.45, 7) is 4.25. The van der Waals surface area contributed by atoms with Crippen molar-refractivity contribution in [1.82, 2.24) is 0 Å². The standard InChI is InChI=1S/C16H24N2O2S/c1-3-5-6-13(19)18-16-14(15(17)20)11-8-7-10(4-2)9-12(11)21-16/h10H,3-9H2,1-2H3,(H2,17,20)(H,18,19). The number of primary amides is 1. The number of rotatable bonds is 6. The van der Waals surface area contributed by atoms with Gasteiger partial charge in [-0.15, -0.1) is 11.3 Å². The molecule has 0 bridgehead atoms. The number of hydrogen-bond donors (Lipinski definition) is 2. The Bertz CT molecular complexity index is 537. The van der Waals surface area contributed by atoms with Crippen molar-refractivity contribution >= 4 is 28.2 Å². The van der Waals surface area contributed by atoms with Gasteiger partial charge in [0.2, 0.25) is 5.91 Å². The molecule has 1 unspecified atom stereocenters. The first kappa shape index (κ1) is 16.0. The summed E-state index contributed by atoms with van der Waals surface area (Å²) in [7, 11) is 0. The highest BCUT2D eigenvalue weighted by Gasteiger charge is 2.27. The Morgan fingerprint density at radius 3 is 2.76 bits per heavy atom. The summed E-state index contributed by atoms with van der Waals surface area (Å²) in [5, 5.41) is 3.55. The topological polar surface area (TPSA) is 72.2 Å². The molecule has 0 spiro atoms. The molecule has 116 valence electrons. The second-order valence-corrected chi connectivity index (χ2v) is 6.85. The Hall–Kier alpha value is -1.36. The van der Waals surface area contributed by atoms with E-state index in [1.54, 1.807) is 0 Å². The van der Waals surface area contributed by atoms with Crippen molar-refractivity contribution in [2.45, 2.75) is 58.8 Å². The fourth-order valence-electron chi connectivity index (χ4n) is 2.88. The van der Waals surface area contributed by atoms with E-state index in [0.717, 1.165) is 44.1 Å². The Kier molecular flexibility index (Phi) is 5.39. The van der Waals surface area contributed by atoms with Gasteiger partial charge in [0.25, 0.3) is 5.91 Å². The molecule has 0 radical (unpaired) electrons. The van der Waals surface area contributed by atoms with Crippen LogP contribution >= 0.6 is 11.3 Å². The molecule has 5 heteroatoms. The molecule has 1 aliphatic carbocycles. The summed E-state index contributed by atoms with van der Waals surface area (Å²) >= 11 is 1.54. The lowest BCUT2D eigenvalue weighted by molar-refractivity contribution is -0.116. The fourth-order valence-corrected chi connectivity index (χ4v) is 4.26. The molecular weight excluding hydrogens is 284 g/mol. The Balaban J connectivity index is 2.23. The minimum absolute atomic E-state index is 0.0232. The van der Waals surface area contributed by atoms with Crippen LogP contribution in [0, 0.1) is 5.92 Å². The molecule has 0 fully saturated rings. The number of nitrogens with two attached hydrogens (primary N) is 1. The van der Waals surface area contributed by atoms with E-state index in [0.29, 0.717) is 22.9 Å². The van der Waals surface area contributed by atoms with E-state index in [1.165, 1.54) is 16.2 Å². The summed E-state index contributed by atoms with van der Waals surface area (Å²) in [6, 6.07) is 0. The van der Waals surface area contributed by atoms with Gasteiger partial charge in [0.05, 0.1) is 5.56 Å². The predicted octanol–water partition coefficient (Wildman–Crippen LogP) is 3.49. The Labute approximate surface area is 130 Å². The molecule has 0 aromatic carbocycles. The zero-order chi connectivity index (χ0) is 15.4. The van der Waals surface area contributed by atoms with Gasteiger partial charge in [-0.25, -0.2) is 0 Å². The van der Waals surface area contributed by atoms with Crippen molar-refractivity contribution in [2.75, 3.05) is 5.32 Å². The lowest BCUT2D eigenvalue weighted by Gasteiger charge is -2.20. The normalized spacial score (nSPS) is 17.3. The van der Waals surface area contributed by atoms with Crippen LogP contribution in [0.5, 0.6) is 0 Å². The average molecular weight is 308 g/mol. The molecule has 0 saturated carbocycles. The van der Waals surface area contributed by atoms with Gasteiger partial charge >= 0.3 is 0 Å². The van der Waals surface area contributed by atoms with Crippen molar-refractivity contribution in [3.63, 3.8) is 0 Å². The summed E-state index contributed by atoms with van der Waals surface area (Å²) in [6.07, 6.45) is 6.49. The first-order chi connectivity index (χ1) is 10.1. The van der Waals surface area contributed by atoms with Crippen LogP contribution in [0.25, 0.3) is 0 Å². The first-order valence-electron chi connectivity index (χ1n) is 7.80. The zero-order valence-electron chi connectivity index (χ0n) is 12.8. The number of carbonyl (C=O) groups is 2. The van der Waals surface area contributed by atoms with E-state index in [4.69, 9.17) is 5.73 Å². The van der Waals surface area contributed by atoms with Crippen LogP contribution in [0.1, 0.15) is 66.8 Å². The second-order valence-electron chi connectivity index (χ2n) is 5.74. The molecule has 2 rings (SSSR count). The van der Waals surface area contributed by atoms with Gasteiger partial charge in [-0.3, -0.25) is 9.59 Å². The Morgan fingerprint density at radius 1 is 1.38 bits per heavy atom. The molecule has 2 amide bonds. The molecule has 0 aliphatic heterocycles. The zero-order valence-corrected chi connectivity index (χ0v) is 13.6. The summed E-state index contributed by atoms with van der Waals surface area (Å²) in [4.78, 5) is 24.9. The summed E-state index contributed by atoms with van der Waals surface area (Å²) in [5.41, 5.74) is 7.17. The molecule has 1 aliphatic rings. The smallest absolute Gasteiger partial charge is 0.251 e. The molecule has 21 heavy (non-hydrogen) atoms. The molecule has 4 nitrogen and oxygen atoms in total. The van der Waals surface area contributed by atoms with E-state index < -0.39 is 5.91 Å². The third kappa shape index (κ3) is 3.64. The number of anilines is 1. The lowest BCUT2D eigenvalue weighted by atomic mass is 9.85. The third-order valence-corrected chi connectivity index (χ3v) is 5.37. The average Bonchev–Trinajstić information content (AvgIpc) is 2.81. The fraction of sp³-hybridized carbons (Fsp3) is 0.625. The number of hydrogen-bond acceptors (Lipinski definition) is 3. The minimum Gasteiger partial charge on any atom is -0.365 e. The predicted molar refractivity (Wildman–Crippen MR) is 86.8 cm³/mol. The number of fused-ring (bicyclic) bond motifs is 1. The second kappa shape index (κ2) is 7.07. The van der Waals surface area contributed by atoms with Crippen LogP contribution in [0.15, 0.2) is 0 Å². The SMILES string of the molecule is CCCCC(=O)Nc1sc2c(c1C(N)=O)CCC(CC)C2. The molecule has 0 saturated heterocycles. The van der Waals surface area contributed by atoms with Crippen molar-refractivity contribution < 1.29 is 9.59 Å². The lowest BCUT2D eigenvalue weighted by Crippen LogP contribution is -2.19. The summed E-state index contributed by atoms with van der Waals surface area (Å²) in [5.74, 6) is 0.235. The van der Waals surface area contributed by atoms with Crippen molar-refractivity contribution in [2.24, 2.45) is 11.7 Å². The number of amides is 2. The molecule has 1 aromatic heterocycles. The van der Waals surface area contributed by atoms with Gasteiger partial charge in [0.1, 0.15) is 5.00 Å². The van der Waals surface area contributed by atoms with E-state index in [9.17, 15) is 9.59 Å². The van der Waals surface area contributed by atoms with Crippen LogP contribution in [0.2, 0.25) is 0 Å². The quantitative estimate of drug-likeness (QED) is 0.844. The van der Waals surface area contributed by atoms with Crippen LogP contribution in [0.4, 0.5) is 5.00 Å². The van der Waals surface area contributed by atoms with Gasteiger partial charge in [0.15, 0.2) is 0 Å². The molecular formula is C16H24N2O2S. The maximum absolute atomic E-state index is 11.9. The van der Waals surface area contributed by atoms with Crippen molar-refractivity contribution in [3.8, 4) is 0 Å². The maximum atomic E-state index is 11.9. The molecule has 1 heterocycles. The highest BCUT2D eigenvalue weighted by molar-refractivity contribution is 7.17. The van der Waals surface area contributed by atoms with E-state index in [2.05, 4.69) is 19.2 Å². The van der Waals surface area contributed by atoms with Gasteiger partial charge in [-0.2, -0.15) is 0 Å². The molecule has 1 atom stereocenters. The number of unbranched alkanes of at least 4 members (excludes halogenated alkanes) is 1. The molecule has 3 N–H and O–H groups in total. The van der Waals surface area contributed by atoms with E-state index >= 15 is 0 Å². The van der Waals surface area contributed by atoms with Crippen LogP contribution in [-0.4, -0.2) is 11.8 Å². The van der Waals surface area contributed by atoms with Gasteiger partial charge in [-0.1, -0.05) is 26.7 Å². The Morgan fingerprint density at radius 2 is 2.14 bits per heavy atom. The highest BCUT2D eigenvalue weighted by atomic mass is 32.1. The van der Waals surface area contributed by atoms with Gasteiger partial charge in [-0.05, 0) is 37.2 Å². The minimum atomic E-state index is -0.423. The molecule has 1 aromatic rings.